The van der Waals surface area contributed by atoms with Gasteiger partial charge in [-0.15, -0.1) is 0 Å². The molecule has 1 amide bonds. The van der Waals surface area contributed by atoms with E-state index in [4.69, 9.17) is 0 Å². The highest BCUT2D eigenvalue weighted by molar-refractivity contribution is 7.15. The fraction of sp³-hybridized carbons (Fsp3) is 0.0952. The van der Waals surface area contributed by atoms with E-state index in [0.29, 0.717) is 11.1 Å². The molecule has 0 bridgehead atoms. The molecule has 0 N–H and O–H groups in total. The van der Waals surface area contributed by atoms with Crippen LogP contribution in [-0.4, -0.2) is 27.6 Å². The molecule has 4 aromatic rings. The van der Waals surface area contributed by atoms with E-state index in [9.17, 15) is 14.4 Å². The summed E-state index contributed by atoms with van der Waals surface area (Å²) in [6, 6.07) is 16.7. The van der Waals surface area contributed by atoms with Crippen molar-refractivity contribution in [2.75, 3.05) is 11.9 Å². The first-order valence-electron chi connectivity index (χ1n) is 8.93. The molecule has 0 radical (unpaired) electrons. The number of likely N-dealkylation sites (N-methyl/N-ethyl adjacent to an activating group) is 1. The van der Waals surface area contributed by atoms with Gasteiger partial charge in [-0.2, -0.15) is 14.6 Å². The molecule has 0 saturated carbocycles. The largest absolute Gasteiger partial charge is 0.311 e. The quantitative estimate of drug-likeness (QED) is 0.499. The molecule has 1 aliphatic rings. The number of hydrogen-bond donors (Lipinski definition) is 0. The maximum Gasteiger partial charge on any atom is 0.296 e. The van der Waals surface area contributed by atoms with Gasteiger partial charge in [0, 0.05) is 19.0 Å². The van der Waals surface area contributed by atoms with Crippen molar-refractivity contribution in [1.29, 1.82) is 0 Å². The number of fused-ring (bicyclic) bond motifs is 2. The molecular formula is C21H14N4O3S. The third-order valence-electron chi connectivity index (χ3n) is 4.92. The van der Waals surface area contributed by atoms with Gasteiger partial charge >= 0.3 is 0 Å². The van der Waals surface area contributed by atoms with Crippen LogP contribution in [0.5, 0.6) is 0 Å². The predicted octanol–water partition coefficient (Wildman–Crippen LogP) is 0.996. The molecule has 0 fully saturated rings. The Bertz CT molecular complexity index is 1460. The Hall–Kier alpha value is -3.65. The number of anilines is 1. The monoisotopic (exact) mass is 402 g/mol. The Morgan fingerprint density at radius 1 is 0.966 bits per heavy atom. The zero-order valence-corrected chi connectivity index (χ0v) is 16.1. The van der Waals surface area contributed by atoms with Crippen LogP contribution in [0.1, 0.15) is 16.8 Å². The van der Waals surface area contributed by atoms with Gasteiger partial charge in [-0.25, -0.2) is 0 Å². The van der Waals surface area contributed by atoms with Crippen molar-refractivity contribution in [3.05, 3.63) is 96.7 Å². The van der Waals surface area contributed by atoms with E-state index >= 15 is 0 Å². The summed E-state index contributed by atoms with van der Waals surface area (Å²) in [5, 5.41) is 4.26. The lowest BCUT2D eigenvalue weighted by Gasteiger charge is -2.07. The van der Waals surface area contributed by atoms with Crippen LogP contribution in [0, 0.1) is 0 Å². The average molecular weight is 402 g/mol. The van der Waals surface area contributed by atoms with E-state index in [2.05, 4.69) is 10.1 Å². The Morgan fingerprint density at radius 2 is 1.69 bits per heavy atom. The van der Waals surface area contributed by atoms with Crippen LogP contribution in [0.3, 0.4) is 0 Å². The summed E-state index contributed by atoms with van der Waals surface area (Å²) in [4.78, 5) is 44.1. The van der Waals surface area contributed by atoms with Crippen LogP contribution < -0.4 is 20.6 Å². The highest BCUT2D eigenvalue weighted by Gasteiger charge is 2.31. The molecular weight excluding hydrogens is 388 g/mol. The Kier molecular flexibility index (Phi) is 3.88. The first kappa shape index (κ1) is 17.4. The van der Waals surface area contributed by atoms with Gasteiger partial charge < -0.3 is 4.90 Å². The summed E-state index contributed by atoms with van der Waals surface area (Å²) < 4.78 is 1.36. The minimum atomic E-state index is -0.470. The van der Waals surface area contributed by atoms with Gasteiger partial charge in [0.25, 0.3) is 17.0 Å². The van der Waals surface area contributed by atoms with Crippen molar-refractivity contribution in [3.8, 4) is 0 Å². The molecule has 5 rings (SSSR count). The number of thiazole rings is 1. The third kappa shape index (κ3) is 2.68. The highest BCUT2D eigenvalue weighted by Crippen LogP contribution is 2.33. The molecule has 0 unspecified atom stereocenters. The van der Waals surface area contributed by atoms with E-state index < -0.39 is 11.1 Å². The van der Waals surface area contributed by atoms with Crippen molar-refractivity contribution in [2.45, 2.75) is 6.42 Å². The Morgan fingerprint density at radius 3 is 2.48 bits per heavy atom. The summed E-state index contributed by atoms with van der Waals surface area (Å²) in [5.41, 5.74) is 1.93. The van der Waals surface area contributed by atoms with Gasteiger partial charge in [0.1, 0.15) is 10.2 Å². The third-order valence-corrected chi connectivity index (χ3v) is 5.95. The first-order valence-corrected chi connectivity index (χ1v) is 9.74. The Balaban J connectivity index is 1.75. The van der Waals surface area contributed by atoms with E-state index in [1.807, 2.05) is 48.5 Å². The van der Waals surface area contributed by atoms with Crippen LogP contribution >= 0.6 is 11.3 Å². The van der Waals surface area contributed by atoms with Crippen molar-refractivity contribution in [3.63, 3.8) is 0 Å². The minimum Gasteiger partial charge on any atom is -0.311 e. The number of amides is 1. The summed E-state index contributed by atoms with van der Waals surface area (Å²) in [7, 11) is 1.67. The highest BCUT2D eigenvalue weighted by atomic mass is 32.1. The second-order valence-corrected chi connectivity index (χ2v) is 7.69. The van der Waals surface area contributed by atoms with Crippen LogP contribution in [0.25, 0.3) is 10.5 Å². The van der Waals surface area contributed by atoms with Gasteiger partial charge in [0.2, 0.25) is 4.96 Å². The summed E-state index contributed by atoms with van der Waals surface area (Å²) in [6.45, 7) is 0. The number of carbonyl (C=O) groups excluding carboxylic acids is 1. The molecule has 2 aromatic heterocycles. The van der Waals surface area contributed by atoms with Gasteiger partial charge in [0.15, 0.2) is 0 Å². The maximum absolute atomic E-state index is 13.1. The standard InChI is InChI=1S/C21H14N4O3S/c1-24-15-10-6-5-9-13(15)16(19(24)27)17-20(28)25-21(29-17)22-18(26)14(23-25)11-12-7-3-2-4-8-12/h2-10H,11H2,1H3. The molecule has 0 aliphatic carbocycles. The Labute approximate surface area is 168 Å². The fourth-order valence-electron chi connectivity index (χ4n) is 3.48. The SMILES string of the molecule is CN1C(=O)C(=c2sc3nc(=O)c(Cc4ccccc4)nn3c2=O)c2ccccc21. The summed E-state index contributed by atoms with van der Waals surface area (Å²) in [6.07, 6.45) is 0.279. The molecule has 29 heavy (non-hydrogen) atoms. The van der Waals surface area contributed by atoms with E-state index in [0.717, 1.165) is 27.1 Å². The van der Waals surface area contributed by atoms with Gasteiger partial charge in [-0.1, -0.05) is 59.9 Å². The summed E-state index contributed by atoms with van der Waals surface area (Å²) in [5.74, 6) is -0.262. The lowest BCUT2D eigenvalue weighted by atomic mass is 10.1. The zero-order valence-electron chi connectivity index (χ0n) is 15.3. The molecule has 142 valence electrons. The molecule has 2 aromatic carbocycles. The number of benzene rings is 2. The normalized spacial score (nSPS) is 15.2. The second-order valence-electron chi connectivity index (χ2n) is 6.71. The van der Waals surface area contributed by atoms with Crippen molar-refractivity contribution in [2.24, 2.45) is 0 Å². The van der Waals surface area contributed by atoms with Crippen molar-refractivity contribution in [1.82, 2.24) is 14.6 Å². The molecule has 3 heterocycles. The van der Waals surface area contributed by atoms with Crippen molar-refractivity contribution < 1.29 is 4.79 Å². The maximum atomic E-state index is 13.1. The second kappa shape index (κ2) is 6.46. The van der Waals surface area contributed by atoms with Gasteiger partial charge in [-0.3, -0.25) is 14.4 Å². The number of carbonyl (C=O) groups is 1. The number of rotatable bonds is 2. The molecule has 7 nitrogen and oxygen atoms in total. The number of para-hydroxylation sites is 1. The lowest BCUT2D eigenvalue weighted by molar-refractivity contribution is -0.112. The average Bonchev–Trinajstić information content (AvgIpc) is 3.17. The predicted molar refractivity (Wildman–Crippen MR) is 110 cm³/mol. The zero-order chi connectivity index (χ0) is 20.1. The van der Waals surface area contributed by atoms with Gasteiger partial charge in [-0.05, 0) is 11.6 Å². The first-order chi connectivity index (χ1) is 14.0. The van der Waals surface area contributed by atoms with Crippen LogP contribution in [0.15, 0.2) is 64.2 Å². The number of hydrogen-bond acceptors (Lipinski definition) is 6. The molecule has 0 spiro atoms. The summed E-state index contributed by atoms with van der Waals surface area (Å²) >= 11 is 1.01. The smallest absolute Gasteiger partial charge is 0.296 e. The topological polar surface area (TPSA) is 84.6 Å². The molecule has 0 atom stereocenters. The van der Waals surface area contributed by atoms with Crippen LogP contribution in [-0.2, 0) is 11.2 Å². The minimum absolute atomic E-state index is 0.180. The van der Waals surface area contributed by atoms with Crippen molar-refractivity contribution >= 4 is 33.5 Å². The van der Waals surface area contributed by atoms with Crippen LogP contribution in [0.4, 0.5) is 5.69 Å². The van der Waals surface area contributed by atoms with E-state index in [-0.39, 0.29) is 27.5 Å². The fourth-order valence-corrected chi connectivity index (χ4v) is 4.48. The van der Waals surface area contributed by atoms with Crippen LogP contribution in [0.2, 0.25) is 0 Å². The molecule has 0 saturated heterocycles. The lowest BCUT2D eigenvalue weighted by Crippen LogP contribution is -2.32. The van der Waals surface area contributed by atoms with E-state index in [1.165, 1.54) is 4.90 Å². The molecule has 8 heteroatoms. The van der Waals surface area contributed by atoms with Gasteiger partial charge in [0.05, 0.1) is 11.3 Å². The number of aromatic nitrogens is 3. The molecule has 1 aliphatic heterocycles. The number of nitrogens with zero attached hydrogens (tertiary/aromatic N) is 4. The van der Waals surface area contributed by atoms with E-state index in [1.54, 1.807) is 13.1 Å².